The number of primary amides is 1. The molecule has 0 aliphatic carbocycles. The van der Waals surface area contributed by atoms with Gasteiger partial charge in [-0.2, -0.15) is 0 Å². The van der Waals surface area contributed by atoms with Crippen molar-refractivity contribution in [1.82, 2.24) is 9.97 Å². The molecule has 0 saturated heterocycles. The number of hydrogen-bond donors (Lipinski definition) is 2. The van der Waals surface area contributed by atoms with E-state index < -0.39 is 35.7 Å². The molecule has 0 bridgehead atoms. The van der Waals surface area contributed by atoms with Crippen molar-refractivity contribution in [2.24, 2.45) is 11.7 Å². The van der Waals surface area contributed by atoms with Crippen LogP contribution < -0.4 is 5.73 Å². The molecule has 3 aromatic rings. The fourth-order valence-electron chi connectivity index (χ4n) is 3.69. The predicted molar refractivity (Wildman–Crippen MR) is 127 cm³/mol. The van der Waals surface area contributed by atoms with Crippen molar-refractivity contribution in [2.45, 2.75) is 57.4 Å². The summed E-state index contributed by atoms with van der Waals surface area (Å²) in [5, 5.41) is 11.0. The minimum absolute atomic E-state index is 0.00888. The number of hydrogen-bond acceptors (Lipinski definition) is 6. The maximum Gasteiger partial charge on any atom is 0.358 e. The van der Waals surface area contributed by atoms with Crippen LogP contribution in [-0.4, -0.2) is 44.8 Å². The van der Waals surface area contributed by atoms with Crippen LogP contribution in [0.25, 0.3) is 11.0 Å². The maximum absolute atomic E-state index is 14.0. The molecule has 34 heavy (non-hydrogen) atoms. The van der Waals surface area contributed by atoms with Gasteiger partial charge < -0.3 is 15.6 Å². The number of carbonyl (C=O) groups excluding carboxylic acids is 2. The largest absolute Gasteiger partial charge is 0.454 e. The molecule has 1 aromatic heterocycles. The molecule has 3 atom stereocenters. The highest BCUT2D eigenvalue weighted by molar-refractivity contribution is 5.89. The number of esters is 1. The lowest BCUT2D eigenvalue weighted by atomic mass is 9.89. The number of aromatic nitrogens is 2. The molecule has 7 nitrogen and oxygen atoms in total. The molecule has 0 spiro atoms. The lowest BCUT2D eigenvalue weighted by Gasteiger charge is -2.26. The number of halogens is 1. The SMILES string of the molecule is CC(C)(F)CC[C@H](C[C@H](O)[C@H](Cc1ccccc1)OC(=O)c1cnc2ccccc2n1)C(N)=O. The first-order valence-corrected chi connectivity index (χ1v) is 11.3. The van der Waals surface area contributed by atoms with Crippen LogP contribution in [-0.2, 0) is 16.0 Å². The average Bonchev–Trinajstić information content (AvgIpc) is 2.80. The Balaban J connectivity index is 1.78. The second kappa shape index (κ2) is 11.2. The van der Waals surface area contributed by atoms with Crippen LogP contribution in [0.5, 0.6) is 0 Å². The first-order valence-electron chi connectivity index (χ1n) is 11.3. The molecule has 1 amide bonds. The van der Waals surface area contributed by atoms with E-state index >= 15 is 0 Å². The fraction of sp³-hybridized carbons (Fsp3) is 0.385. The number of alkyl halides is 1. The molecule has 1 heterocycles. The third-order valence-electron chi connectivity index (χ3n) is 5.64. The zero-order valence-corrected chi connectivity index (χ0v) is 19.4. The highest BCUT2D eigenvalue weighted by atomic mass is 19.1. The summed E-state index contributed by atoms with van der Waals surface area (Å²) in [6, 6.07) is 16.4. The maximum atomic E-state index is 14.0. The predicted octanol–water partition coefficient (Wildman–Crippen LogP) is 3.78. The Labute approximate surface area is 198 Å². The average molecular weight is 468 g/mol. The molecule has 0 unspecified atom stereocenters. The Kier molecular flexibility index (Phi) is 8.28. The highest BCUT2D eigenvalue weighted by Crippen LogP contribution is 2.25. The minimum Gasteiger partial charge on any atom is -0.454 e. The third kappa shape index (κ3) is 7.31. The van der Waals surface area contributed by atoms with Crippen LogP contribution in [0.2, 0.25) is 0 Å². The second-order valence-corrected chi connectivity index (χ2v) is 9.04. The number of para-hydroxylation sites is 2. The van der Waals surface area contributed by atoms with Gasteiger partial charge in [-0.25, -0.2) is 14.2 Å². The van der Waals surface area contributed by atoms with Crippen molar-refractivity contribution in [1.29, 1.82) is 0 Å². The van der Waals surface area contributed by atoms with Crippen LogP contribution in [0.1, 0.15) is 49.2 Å². The summed E-state index contributed by atoms with van der Waals surface area (Å²) in [5.41, 5.74) is 6.07. The highest BCUT2D eigenvalue weighted by Gasteiger charge is 2.31. The van der Waals surface area contributed by atoms with E-state index in [-0.39, 0.29) is 31.4 Å². The molecular formula is C26H30FN3O4. The van der Waals surface area contributed by atoms with E-state index in [9.17, 15) is 19.1 Å². The van der Waals surface area contributed by atoms with Gasteiger partial charge in [0.2, 0.25) is 5.91 Å². The van der Waals surface area contributed by atoms with E-state index in [1.807, 2.05) is 36.4 Å². The van der Waals surface area contributed by atoms with Crippen molar-refractivity contribution < 1.29 is 23.8 Å². The summed E-state index contributed by atoms with van der Waals surface area (Å²) >= 11 is 0. The Morgan fingerprint density at radius 3 is 2.38 bits per heavy atom. The molecule has 2 aromatic carbocycles. The second-order valence-electron chi connectivity index (χ2n) is 9.04. The van der Waals surface area contributed by atoms with Crippen molar-refractivity contribution in [3.8, 4) is 0 Å². The Morgan fingerprint density at radius 2 is 1.74 bits per heavy atom. The van der Waals surface area contributed by atoms with Crippen LogP contribution >= 0.6 is 0 Å². The van der Waals surface area contributed by atoms with Gasteiger partial charge in [0.15, 0.2) is 5.69 Å². The summed E-state index contributed by atoms with van der Waals surface area (Å²) in [5.74, 6) is -2.13. The number of rotatable bonds is 11. The van der Waals surface area contributed by atoms with E-state index in [1.165, 1.54) is 20.0 Å². The topological polar surface area (TPSA) is 115 Å². The summed E-state index contributed by atoms with van der Waals surface area (Å²) in [6.45, 7) is 2.85. The van der Waals surface area contributed by atoms with Crippen LogP contribution in [0.3, 0.4) is 0 Å². The van der Waals surface area contributed by atoms with Gasteiger partial charge in [0, 0.05) is 12.3 Å². The van der Waals surface area contributed by atoms with Crippen LogP contribution in [0.15, 0.2) is 60.8 Å². The van der Waals surface area contributed by atoms with Gasteiger partial charge in [-0.1, -0.05) is 42.5 Å². The van der Waals surface area contributed by atoms with Gasteiger partial charge in [0.1, 0.15) is 11.8 Å². The van der Waals surface area contributed by atoms with Gasteiger partial charge in [0.25, 0.3) is 0 Å². The zero-order valence-electron chi connectivity index (χ0n) is 19.4. The quantitative estimate of drug-likeness (QED) is 0.415. The zero-order chi connectivity index (χ0) is 24.7. The number of nitrogens with zero attached hydrogens (tertiary/aromatic N) is 2. The molecule has 3 rings (SSSR count). The van der Waals surface area contributed by atoms with Gasteiger partial charge in [-0.05, 0) is 50.8 Å². The first kappa shape index (κ1) is 25.2. The molecule has 180 valence electrons. The van der Waals surface area contributed by atoms with E-state index in [0.717, 1.165) is 5.56 Å². The van der Waals surface area contributed by atoms with Crippen molar-refractivity contribution in [3.05, 3.63) is 72.1 Å². The molecular weight excluding hydrogens is 437 g/mol. The Bertz CT molecular complexity index is 1120. The van der Waals surface area contributed by atoms with E-state index in [0.29, 0.717) is 11.0 Å². The monoisotopic (exact) mass is 467 g/mol. The standard InChI is InChI=1S/C26H30FN3O4/c1-26(2,27)13-12-18(24(28)32)15-22(31)23(14-17-8-4-3-5-9-17)34-25(33)21-16-29-19-10-6-7-11-20(19)30-21/h3-11,16,18,22-23,31H,12-15H2,1-2H3,(H2,28,32)/t18-,22+,23+/m1/s1. The smallest absolute Gasteiger partial charge is 0.358 e. The number of benzene rings is 2. The molecule has 0 fully saturated rings. The Hall–Kier alpha value is -3.39. The summed E-state index contributed by atoms with van der Waals surface area (Å²) in [4.78, 5) is 33.4. The summed E-state index contributed by atoms with van der Waals surface area (Å²) < 4.78 is 19.6. The van der Waals surface area contributed by atoms with Crippen molar-refractivity contribution in [3.63, 3.8) is 0 Å². The summed E-state index contributed by atoms with van der Waals surface area (Å²) in [6.07, 6.45) is -0.386. The van der Waals surface area contributed by atoms with E-state index in [2.05, 4.69) is 9.97 Å². The molecule has 8 heteroatoms. The number of aliphatic hydroxyl groups is 1. The molecule has 3 N–H and O–H groups in total. The molecule has 0 radical (unpaired) electrons. The fourth-order valence-corrected chi connectivity index (χ4v) is 3.69. The van der Waals surface area contributed by atoms with Crippen molar-refractivity contribution >= 4 is 22.9 Å². The first-order chi connectivity index (χ1) is 16.1. The number of carbonyl (C=O) groups is 2. The van der Waals surface area contributed by atoms with Crippen molar-refractivity contribution in [2.75, 3.05) is 0 Å². The molecule has 0 aliphatic rings. The lowest BCUT2D eigenvalue weighted by Crippen LogP contribution is -2.38. The van der Waals surface area contributed by atoms with Gasteiger partial charge in [-0.3, -0.25) is 9.78 Å². The van der Waals surface area contributed by atoms with Crippen LogP contribution in [0, 0.1) is 5.92 Å². The van der Waals surface area contributed by atoms with E-state index in [4.69, 9.17) is 10.5 Å². The lowest BCUT2D eigenvalue weighted by molar-refractivity contribution is -0.124. The van der Waals surface area contributed by atoms with Gasteiger partial charge in [-0.15, -0.1) is 0 Å². The number of fused-ring (bicyclic) bond motifs is 1. The van der Waals surface area contributed by atoms with Gasteiger partial charge >= 0.3 is 5.97 Å². The number of amides is 1. The number of ether oxygens (including phenoxy) is 1. The Morgan fingerprint density at radius 1 is 1.09 bits per heavy atom. The van der Waals surface area contributed by atoms with Crippen LogP contribution in [0.4, 0.5) is 4.39 Å². The molecule has 0 aliphatic heterocycles. The van der Waals surface area contributed by atoms with E-state index in [1.54, 1.807) is 18.2 Å². The third-order valence-corrected chi connectivity index (χ3v) is 5.64. The number of nitrogens with two attached hydrogens (primary N) is 1. The normalized spacial score (nSPS) is 14.4. The summed E-state index contributed by atoms with van der Waals surface area (Å²) in [7, 11) is 0. The molecule has 0 saturated carbocycles. The minimum atomic E-state index is -1.47. The number of aliphatic hydroxyl groups excluding tert-OH is 1. The van der Waals surface area contributed by atoms with Gasteiger partial charge in [0.05, 0.1) is 23.3 Å².